The molecule has 0 spiro atoms. The number of H-pyrrole nitrogens is 1. The van der Waals surface area contributed by atoms with Crippen LogP contribution in [0, 0.1) is 0 Å². The van der Waals surface area contributed by atoms with Crippen molar-refractivity contribution in [3.63, 3.8) is 0 Å². The van der Waals surface area contributed by atoms with Crippen molar-refractivity contribution in [1.29, 1.82) is 0 Å². The van der Waals surface area contributed by atoms with Crippen molar-refractivity contribution < 1.29 is 14.4 Å². The van der Waals surface area contributed by atoms with E-state index in [2.05, 4.69) is 22.6 Å². The third-order valence-corrected chi connectivity index (χ3v) is 6.80. The number of aliphatic carboxylic acids is 1. The number of carboxylic acids is 1. The highest BCUT2D eigenvalue weighted by molar-refractivity contribution is 5.84. The van der Waals surface area contributed by atoms with Crippen molar-refractivity contribution in [3.05, 3.63) is 117 Å². The first-order chi connectivity index (χ1) is 16.7. The van der Waals surface area contributed by atoms with Gasteiger partial charge in [0.15, 0.2) is 0 Å². The molecule has 0 unspecified atom stereocenters. The first-order valence-corrected chi connectivity index (χ1v) is 11.7. The molecule has 0 aliphatic heterocycles. The first-order valence-electron chi connectivity index (χ1n) is 11.7. The Morgan fingerprint density at radius 1 is 0.943 bits per heavy atom. The molecule has 5 rings (SSSR count). The summed E-state index contributed by atoms with van der Waals surface area (Å²) in [5, 5.41) is 16.6. The lowest BCUT2D eigenvalue weighted by Gasteiger charge is -2.36. The molecule has 1 aliphatic carbocycles. The van der Waals surface area contributed by atoms with Crippen molar-refractivity contribution in [2.75, 3.05) is 0 Å². The first kappa shape index (κ1) is 22.9. The van der Waals surface area contributed by atoms with Crippen LogP contribution in [0.3, 0.4) is 0 Å². The van der Waals surface area contributed by atoms with Crippen LogP contribution in [0.5, 0.6) is 0 Å². The normalized spacial score (nSPS) is 14.8. The Kier molecular flexibility index (Phi) is 5.49. The largest absolute Gasteiger partial charge is 0.480 e. The lowest BCUT2D eigenvalue weighted by molar-refractivity contribution is -0.139. The second-order valence-corrected chi connectivity index (χ2v) is 10.0. The van der Waals surface area contributed by atoms with Crippen molar-refractivity contribution >= 4 is 5.97 Å². The molecule has 0 bridgehead atoms. The van der Waals surface area contributed by atoms with E-state index in [-0.39, 0.29) is 6.42 Å². The molecule has 0 saturated heterocycles. The van der Waals surface area contributed by atoms with Gasteiger partial charge < -0.3 is 9.63 Å². The number of aromatic amines is 1. The molecule has 0 amide bonds. The van der Waals surface area contributed by atoms with E-state index in [1.807, 2.05) is 87.5 Å². The van der Waals surface area contributed by atoms with Crippen LogP contribution >= 0.6 is 0 Å². The standard InChI is InChI=1S/C29H28N2O4/c1-28(2,3)25-21(27(34)35-31-25)17-24(26(32)33)30-29(18-11-5-4-6-12-18)22-15-9-7-13-19(22)20-14-8-10-16-23(20)29/h4-16,24,30-31H,17H2,1-3H3,(H,32,33)/t24-/m0/s1. The molecule has 1 atom stereocenters. The molecule has 6 nitrogen and oxygen atoms in total. The molecule has 4 aromatic rings. The number of hydrogen-bond donors (Lipinski definition) is 3. The summed E-state index contributed by atoms with van der Waals surface area (Å²) in [7, 11) is 0. The van der Waals surface area contributed by atoms with Crippen LogP contribution in [-0.2, 0) is 22.2 Å². The van der Waals surface area contributed by atoms with Gasteiger partial charge in [0.25, 0.3) is 0 Å². The average Bonchev–Trinajstić information content (AvgIpc) is 3.36. The van der Waals surface area contributed by atoms with Gasteiger partial charge in [-0.1, -0.05) is 99.6 Å². The third kappa shape index (κ3) is 3.70. The van der Waals surface area contributed by atoms with Gasteiger partial charge in [-0.25, -0.2) is 9.95 Å². The molecule has 3 N–H and O–H groups in total. The molecular weight excluding hydrogens is 440 g/mol. The number of benzene rings is 3. The van der Waals surface area contributed by atoms with Gasteiger partial charge in [-0.15, -0.1) is 0 Å². The summed E-state index contributed by atoms with van der Waals surface area (Å²) in [6.07, 6.45) is -0.0211. The van der Waals surface area contributed by atoms with E-state index in [0.717, 1.165) is 27.8 Å². The molecule has 0 saturated carbocycles. The fourth-order valence-corrected chi connectivity index (χ4v) is 5.25. The van der Waals surface area contributed by atoms with E-state index in [4.69, 9.17) is 4.52 Å². The van der Waals surface area contributed by atoms with Gasteiger partial charge in [-0.05, 0) is 27.8 Å². The number of carbonyl (C=O) groups is 1. The Balaban J connectivity index is 1.70. The lowest BCUT2D eigenvalue weighted by Crippen LogP contribution is -2.52. The van der Waals surface area contributed by atoms with Crippen molar-refractivity contribution in [2.24, 2.45) is 0 Å². The van der Waals surface area contributed by atoms with Gasteiger partial charge in [0.1, 0.15) is 6.04 Å². The summed E-state index contributed by atoms with van der Waals surface area (Å²) in [4.78, 5) is 25.3. The zero-order valence-corrected chi connectivity index (χ0v) is 20.0. The predicted molar refractivity (Wildman–Crippen MR) is 134 cm³/mol. The van der Waals surface area contributed by atoms with E-state index in [1.165, 1.54) is 0 Å². The fourth-order valence-electron chi connectivity index (χ4n) is 5.25. The fraction of sp³-hybridized carbons (Fsp3) is 0.241. The molecular formula is C29H28N2O4. The Hall–Kier alpha value is -3.90. The van der Waals surface area contributed by atoms with Crippen LogP contribution in [0.4, 0.5) is 0 Å². The van der Waals surface area contributed by atoms with Crippen LogP contribution in [-0.4, -0.2) is 22.3 Å². The maximum absolute atomic E-state index is 12.7. The van der Waals surface area contributed by atoms with E-state index >= 15 is 0 Å². The van der Waals surface area contributed by atoms with E-state index < -0.39 is 28.6 Å². The Bertz CT molecular complexity index is 1400. The van der Waals surface area contributed by atoms with Gasteiger partial charge >= 0.3 is 11.6 Å². The maximum Gasteiger partial charge on any atom is 0.360 e. The zero-order chi connectivity index (χ0) is 24.8. The molecule has 6 heteroatoms. The van der Waals surface area contributed by atoms with Gasteiger partial charge in [-0.3, -0.25) is 10.1 Å². The average molecular weight is 469 g/mol. The smallest absolute Gasteiger partial charge is 0.360 e. The highest BCUT2D eigenvalue weighted by atomic mass is 16.5. The van der Waals surface area contributed by atoms with Crippen molar-refractivity contribution in [1.82, 2.24) is 10.5 Å². The van der Waals surface area contributed by atoms with Gasteiger partial charge in [0, 0.05) is 11.8 Å². The lowest BCUT2D eigenvalue weighted by atomic mass is 9.79. The van der Waals surface area contributed by atoms with Gasteiger partial charge in [-0.2, -0.15) is 0 Å². The number of aromatic nitrogens is 1. The Morgan fingerprint density at radius 2 is 1.49 bits per heavy atom. The summed E-state index contributed by atoms with van der Waals surface area (Å²) in [6, 6.07) is 24.9. The minimum atomic E-state index is -1.06. The summed E-state index contributed by atoms with van der Waals surface area (Å²) < 4.78 is 5.09. The summed E-state index contributed by atoms with van der Waals surface area (Å²) in [5.41, 5.74) is 4.11. The van der Waals surface area contributed by atoms with Crippen molar-refractivity contribution in [2.45, 2.75) is 44.2 Å². The Labute approximate surface area is 203 Å². The van der Waals surface area contributed by atoms with Crippen LogP contribution in [0.1, 0.15) is 48.7 Å². The maximum atomic E-state index is 12.7. The third-order valence-electron chi connectivity index (χ3n) is 6.80. The molecule has 1 aromatic heterocycles. The van der Waals surface area contributed by atoms with Crippen LogP contribution in [0.15, 0.2) is 88.2 Å². The number of hydrogen-bond acceptors (Lipinski definition) is 4. The van der Waals surface area contributed by atoms with E-state index in [9.17, 15) is 14.7 Å². The minimum Gasteiger partial charge on any atom is -0.480 e. The predicted octanol–water partition coefficient (Wildman–Crippen LogP) is 4.82. The van der Waals surface area contributed by atoms with E-state index in [1.54, 1.807) is 0 Å². The summed E-state index contributed by atoms with van der Waals surface area (Å²) in [5.74, 6) is -1.04. The molecule has 0 radical (unpaired) electrons. The number of rotatable bonds is 6. The minimum absolute atomic E-state index is 0.0211. The molecule has 1 heterocycles. The van der Waals surface area contributed by atoms with E-state index in [0.29, 0.717) is 11.3 Å². The van der Waals surface area contributed by atoms with Crippen LogP contribution in [0.25, 0.3) is 11.1 Å². The second kappa shape index (κ2) is 8.40. The highest BCUT2D eigenvalue weighted by Crippen LogP contribution is 2.51. The summed E-state index contributed by atoms with van der Waals surface area (Å²) >= 11 is 0. The molecule has 0 fully saturated rings. The van der Waals surface area contributed by atoms with Gasteiger partial charge in [0.05, 0.1) is 16.8 Å². The number of fused-ring (bicyclic) bond motifs is 3. The SMILES string of the molecule is CC(C)(C)c1[nH]oc(=O)c1C[C@H](NC1(c2ccccc2)c2ccccc2-c2ccccc21)C(=O)O. The molecule has 178 valence electrons. The van der Waals surface area contributed by atoms with Gasteiger partial charge in [0.2, 0.25) is 0 Å². The molecule has 35 heavy (non-hydrogen) atoms. The summed E-state index contributed by atoms with van der Waals surface area (Å²) in [6.45, 7) is 5.86. The number of carboxylic acid groups (broad SMARTS) is 1. The monoisotopic (exact) mass is 468 g/mol. The number of nitrogens with one attached hydrogen (secondary N) is 2. The quantitative estimate of drug-likeness (QED) is 0.377. The van der Waals surface area contributed by atoms with Crippen LogP contribution < -0.4 is 10.9 Å². The molecule has 3 aromatic carbocycles. The second-order valence-electron chi connectivity index (χ2n) is 10.0. The topological polar surface area (TPSA) is 95.3 Å². The molecule has 1 aliphatic rings. The zero-order valence-electron chi connectivity index (χ0n) is 20.0. The Morgan fingerprint density at radius 3 is 2.03 bits per heavy atom. The van der Waals surface area contributed by atoms with Crippen LogP contribution in [0.2, 0.25) is 0 Å². The van der Waals surface area contributed by atoms with Crippen molar-refractivity contribution in [3.8, 4) is 11.1 Å². The highest BCUT2D eigenvalue weighted by Gasteiger charge is 2.47.